The first-order valence-electron chi connectivity index (χ1n) is 13.1. The molecule has 0 saturated carbocycles. The van der Waals surface area contributed by atoms with Crippen LogP contribution < -0.4 is 10.3 Å². The molecule has 2 aromatic heterocycles. The van der Waals surface area contributed by atoms with Crippen molar-refractivity contribution in [2.24, 2.45) is 5.41 Å². The predicted molar refractivity (Wildman–Crippen MR) is 161 cm³/mol. The lowest BCUT2D eigenvalue weighted by atomic mass is 9.75. The number of Topliss-reactive ketones (excluding diaryl/α,β-unsaturated/α-hetero) is 1. The summed E-state index contributed by atoms with van der Waals surface area (Å²) in [5, 5.41) is 3.13. The molecular weight excluding hydrogens is 540 g/mol. The molecule has 0 atom stereocenters. The quantitative estimate of drug-likeness (QED) is 0.209. The average Bonchev–Trinajstić information content (AvgIpc) is 3.42. The van der Waals surface area contributed by atoms with Gasteiger partial charge in [-0.05, 0) is 47.7 Å². The molecule has 6 rings (SSSR count). The minimum absolute atomic E-state index is 0.0263. The van der Waals surface area contributed by atoms with Crippen LogP contribution in [0, 0.1) is 5.41 Å². The molecule has 200 valence electrons. The molecule has 0 saturated heterocycles. The van der Waals surface area contributed by atoms with Crippen LogP contribution in [0.5, 0.6) is 5.75 Å². The molecule has 5 aromatic rings. The molecule has 0 N–H and O–H groups in total. The first-order chi connectivity index (χ1) is 19.3. The summed E-state index contributed by atoms with van der Waals surface area (Å²) in [6.45, 7) is 4.48. The number of nitrogens with zero attached hydrogens (tertiary/aromatic N) is 2. The minimum Gasteiger partial charge on any atom is -0.487 e. The van der Waals surface area contributed by atoms with Crippen LogP contribution in [-0.4, -0.2) is 15.3 Å². The number of thiazole rings is 1. The van der Waals surface area contributed by atoms with Crippen LogP contribution in [-0.2, 0) is 13.0 Å². The van der Waals surface area contributed by atoms with E-state index < -0.39 is 0 Å². The Morgan fingerprint density at radius 3 is 2.42 bits per heavy atom. The van der Waals surface area contributed by atoms with Gasteiger partial charge in [0.25, 0.3) is 5.56 Å². The van der Waals surface area contributed by atoms with E-state index in [1.165, 1.54) is 11.3 Å². The number of hydrogen-bond donors (Lipinski definition) is 0. The highest BCUT2D eigenvalue weighted by molar-refractivity contribution is 7.13. The number of aromatic nitrogens is 2. The molecule has 2 heterocycles. The number of pyridine rings is 1. The lowest BCUT2D eigenvalue weighted by Gasteiger charge is -2.32. The van der Waals surface area contributed by atoms with Crippen molar-refractivity contribution in [1.82, 2.24) is 9.55 Å². The van der Waals surface area contributed by atoms with Crippen molar-refractivity contribution in [2.75, 3.05) is 0 Å². The third-order valence-electron chi connectivity index (χ3n) is 7.11. The number of para-hydroxylation sites is 2. The van der Waals surface area contributed by atoms with E-state index in [9.17, 15) is 9.59 Å². The highest BCUT2D eigenvalue weighted by Gasteiger charge is 2.35. The van der Waals surface area contributed by atoms with Crippen LogP contribution in [0.2, 0.25) is 5.02 Å². The number of carbonyl (C=O) groups excluding carboxylic acids is 1. The second kappa shape index (κ2) is 10.5. The first kappa shape index (κ1) is 26.2. The number of fused-ring (bicyclic) bond motifs is 1. The Morgan fingerprint density at radius 1 is 0.925 bits per heavy atom. The van der Waals surface area contributed by atoms with E-state index in [-0.39, 0.29) is 16.8 Å². The van der Waals surface area contributed by atoms with Crippen LogP contribution in [0.4, 0.5) is 0 Å². The third kappa shape index (κ3) is 5.12. The third-order valence-corrected chi connectivity index (χ3v) is 8.23. The van der Waals surface area contributed by atoms with E-state index in [4.69, 9.17) is 21.3 Å². The fourth-order valence-electron chi connectivity index (χ4n) is 5.17. The number of halogens is 1. The topological polar surface area (TPSA) is 61.2 Å². The van der Waals surface area contributed by atoms with Gasteiger partial charge in [-0.1, -0.05) is 80.0 Å². The Hall–Kier alpha value is -4.00. The van der Waals surface area contributed by atoms with E-state index in [1.807, 2.05) is 84.2 Å². The Balaban J connectivity index is 1.51. The molecule has 7 heteroatoms. The summed E-state index contributed by atoms with van der Waals surface area (Å²) in [5.41, 5.74) is 4.46. The summed E-state index contributed by atoms with van der Waals surface area (Å²) in [6, 6.07) is 26.6. The van der Waals surface area contributed by atoms with Crippen molar-refractivity contribution in [3.05, 3.63) is 123 Å². The van der Waals surface area contributed by atoms with E-state index >= 15 is 0 Å². The summed E-state index contributed by atoms with van der Waals surface area (Å²) >= 11 is 7.45. The molecule has 40 heavy (non-hydrogen) atoms. The zero-order chi connectivity index (χ0) is 27.9. The molecule has 0 radical (unpaired) electrons. The molecular formula is C33H27ClN2O3S. The SMILES string of the molecule is CC1(C)CC(=O)c2cc(-c3nc(-c4ccc(Cl)cc4)cs3)c(=O)n(-c3ccccc3OCc3ccccc3)c2C1. The fraction of sp³-hybridized carbons (Fsp3) is 0.182. The van der Waals surface area contributed by atoms with E-state index in [2.05, 4.69) is 13.8 Å². The summed E-state index contributed by atoms with van der Waals surface area (Å²) in [4.78, 5) is 32.6. The number of benzene rings is 3. The predicted octanol–water partition coefficient (Wildman–Crippen LogP) is 8.02. The van der Waals surface area contributed by atoms with Gasteiger partial charge in [0.1, 0.15) is 17.4 Å². The summed E-state index contributed by atoms with van der Waals surface area (Å²) in [5.74, 6) is 0.600. The van der Waals surface area contributed by atoms with Gasteiger partial charge in [0.15, 0.2) is 5.78 Å². The monoisotopic (exact) mass is 566 g/mol. The van der Waals surface area contributed by atoms with Gasteiger partial charge in [-0.15, -0.1) is 11.3 Å². The Labute approximate surface area is 241 Å². The Morgan fingerprint density at radius 2 is 1.65 bits per heavy atom. The van der Waals surface area contributed by atoms with Crippen molar-refractivity contribution in [3.63, 3.8) is 0 Å². The number of hydrogen-bond acceptors (Lipinski definition) is 5. The normalized spacial score (nSPS) is 14.1. The fourth-order valence-corrected chi connectivity index (χ4v) is 6.13. The van der Waals surface area contributed by atoms with Crippen molar-refractivity contribution < 1.29 is 9.53 Å². The number of ketones is 1. The van der Waals surface area contributed by atoms with Crippen molar-refractivity contribution in [3.8, 4) is 33.3 Å². The van der Waals surface area contributed by atoms with Crippen molar-refractivity contribution >= 4 is 28.7 Å². The zero-order valence-corrected chi connectivity index (χ0v) is 23.8. The van der Waals surface area contributed by atoms with Gasteiger partial charge in [0.2, 0.25) is 0 Å². The van der Waals surface area contributed by atoms with Gasteiger partial charge in [-0.25, -0.2) is 4.98 Å². The van der Waals surface area contributed by atoms with Gasteiger partial charge in [-0.3, -0.25) is 14.2 Å². The van der Waals surface area contributed by atoms with Crippen LogP contribution in [0.1, 0.15) is 41.9 Å². The molecule has 1 aliphatic rings. The van der Waals surface area contributed by atoms with Crippen LogP contribution >= 0.6 is 22.9 Å². The lowest BCUT2D eigenvalue weighted by Crippen LogP contribution is -2.35. The first-order valence-corrected chi connectivity index (χ1v) is 14.3. The second-order valence-electron chi connectivity index (χ2n) is 10.8. The van der Waals surface area contributed by atoms with E-state index in [0.717, 1.165) is 16.8 Å². The van der Waals surface area contributed by atoms with Crippen LogP contribution in [0.25, 0.3) is 27.5 Å². The standard InChI is InChI=1S/C33H27ClN2O3S/c1-33(2)17-28-24(29(37)18-33)16-25(31-35-26(20-40-31)22-12-14-23(34)15-13-22)32(38)36(28)27-10-6-7-11-30(27)39-19-21-8-4-3-5-9-21/h3-16,20H,17-19H2,1-2H3. The molecule has 0 amide bonds. The van der Waals surface area contributed by atoms with Gasteiger partial charge >= 0.3 is 0 Å². The van der Waals surface area contributed by atoms with Gasteiger partial charge in [0, 0.05) is 33.6 Å². The summed E-state index contributed by atoms with van der Waals surface area (Å²) in [7, 11) is 0. The van der Waals surface area contributed by atoms with E-state index in [0.29, 0.717) is 57.7 Å². The summed E-state index contributed by atoms with van der Waals surface area (Å²) in [6.07, 6.45) is 1.00. The molecule has 3 aromatic carbocycles. The molecule has 0 aliphatic heterocycles. The zero-order valence-electron chi connectivity index (χ0n) is 22.2. The second-order valence-corrected chi connectivity index (χ2v) is 12.1. The van der Waals surface area contributed by atoms with Crippen molar-refractivity contribution in [2.45, 2.75) is 33.3 Å². The minimum atomic E-state index is -0.275. The maximum Gasteiger partial charge on any atom is 0.265 e. The van der Waals surface area contributed by atoms with Crippen molar-refractivity contribution in [1.29, 1.82) is 0 Å². The molecule has 5 nitrogen and oxygen atoms in total. The largest absolute Gasteiger partial charge is 0.487 e. The Bertz CT molecular complexity index is 1770. The lowest BCUT2D eigenvalue weighted by molar-refractivity contribution is 0.0909. The number of rotatable bonds is 6. The van der Waals surface area contributed by atoms with Crippen LogP contribution in [0.15, 0.2) is 95.1 Å². The highest BCUT2D eigenvalue weighted by atomic mass is 35.5. The van der Waals surface area contributed by atoms with Gasteiger partial charge < -0.3 is 4.74 Å². The molecule has 0 fully saturated rings. The molecule has 0 bridgehead atoms. The number of ether oxygens (including phenoxy) is 1. The highest BCUT2D eigenvalue weighted by Crippen LogP contribution is 2.38. The molecule has 0 unspecified atom stereocenters. The van der Waals surface area contributed by atoms with Gasteiger partial charge in [-0.2, -0.15) is 0 Å². The van der Waals surface area contributed by atoms with Gasteiger partial charge in [0.05, 0.1) is 16.9 Å². The molecule has 1 aliphatic carbocycles. The van der Waals surface area contributed by atoms with Crippen LogP contribution in [0.3, 0.4) is 0 Å². The smallest absolute Gasteiger partial charge is 0.265 e. The Kier molecular flexibility index (Phi) is 6.90. The maximum atomic E-state index is 14.3. The summed E-state index contributed by atoms with van der Waals surface area (Å²) < 4.78 is 7.92. The molecule has 0 spiro atoms. The van der Waals surface area contributed by atoms with E-state index in [1.54, 1.807) is 10.6 Å². The number of carbonyl (C=O) groups is 1. The average molecular weight is 567 g/mol. The maximum absolute atomic E-state index is 14.3.